The van der Waals surface area contributed by atoms with E-state index in [1.165, 1.54) is 0 Å². The number of hydrogen-bond acceptors (Lipinski definition) is 4. The number of thioether (sulfide) groups is 1. The largest absolute Gasteiger partial charge is 0.389 e. The molecule has 2 atom stereocenters. The first-order valence-corrected chi connectivity index (χ1v) is 4.71. The third-order valence-electron chi connectivity index (χ3n) is 1.65. The standard InChI is InChI=1S/C6H13NO2S/c1-10-4-7-2-5(8)6(9)3-7/h5-6,8-9H,2-4H2,1H3/t5-,6+. The molecule has 0 aromatic rings. The van der Waals surface area contributed by atoms with Gasteiger partial charge in [-0.3, -0.25) is 4.90 Å². The van der Waals surface area contributed by atoms with E-state index in [2.05, 4.69) is 0 Å². The number of β-amino-alcohol motifs (C(OH)–C–C–N with tert-alkyl or cyclic N) is 2. The minimum absolute atomic E-state index is 0.535. The molecule has 0 saturated carbocycles. The van der Waals surface area contributed by atoms with Crippen molar-refractivity contribution in [2.24, 2.45) is 0 Å². The van der Waals surface area contributed by atoms with Gasteiger partial charge in [-0.15, -0.1) is 11.8 Å². The van der Waals surface area contributed by atoms with Crippen LogP contribution in [0, 0.1) is 0 Å². The summed E-state index contributed by atoms with van der Waals surface area (Å²) in [6, 6.07) is 0. The van der Waals surface area contributed by atoms with Gasteiger partial charge in [-0.2, -0.15) is 0 Å². The van der Waals surface area contributed by atoms with Crippen molar-refractivity contribution >= 4 is 11.8 Å². The van der Waals surface area contributed by atoms with Crippen LogP contribution in [0.4, 0.5) is 0 Å². The monoisotopic (exact) mass is 163 g/mol. The summed E-state index contributed by atoms with van der Waals surface area (Å²) in [5, 5.41) is 18.2. The zero-order chi connectivity index (χ0) is 7.56. The van der Waals surface area contributed by atoms with Gasteiger partial charge in [0.15, 0.2) is 0 Å². The van der Waals surface area contributed by atoms with Gasteiger partial charge in [-0.25, -0.2) is 0 Å². The van der Waals surface area contributed by atoms with Gasteiger partial charge < -0.3 is 10.2 Å². The Bertz CT molecular complexity index is 102. The Hall–Kier alpha value is 0.230. The summed E-state index contributed by atoms with van der Waals surface area (Å²) in [4.78, 5) is 2.04. The lowest BCUT2D eigenvalue weighted by Crippen LogP contribution is -2.22. The molecule has 1 aliphatic rings. The molecule has 4 heteroatoms. The third-order valence-corrected chi connectivity index (χ3v) is 2.27. The van der Waals surface area contributed by atoms with Gasteiger partial charge in [0.25, 0.3) is 0 Å². The Morgan fingerprint density at radius 3 is 2.30 bits per heavy atom. The van der Waals surface area contributed by atoms with Crippen molar-refractivity contribution in [3.63, 3.8) is 0 Å². The number of rotatable bonds is 2. The van der Waals surface area contributed by atoms with Gasteiger partial charge in [0.2, 0.25) is 0 Å². The maximum Gasteiger partial charge on any atom is 0.0938 e. The first-order valence-electron chi connectivity index (χ1n) is 3.31. The summed E-state index contributed by atoms with van der Waals surface area (Å²) >= 11 is 1.71. The molecular formula is C6H13NO2S. The van der Waals surface area contributed by atoms with Crippen LogP contribution in [0.2, 0.25) is 0 Å². The minimum Gasteiger partial charge on any atom is -0.389 e. The normalized spacial score (nSPS) is 35.1. The van der Waals surface area contributed by atoms with Crippen LogP contribution in [0.3, 0.4) is 0 Å². The molecule has 0 aromatic carbocycles. The minimum atomic E-state index is -0.535. The summed E-state index contributed by atoms with van der Waals surface area (Å²) in [7, 11) is 0. The van der Waals surface area contributed by atoms with Crippen molar-refractivity contribution in [2.45, 2.75) is 12.2 Å². The van der Waals surface area contributed by atoms with Gasteiger partial charge >= 0.3 is 0 Å². The topological polar surface area (TPSA) is 43.7 Å². The summed E-state index contributed by atoms with van der Waals surface area (Å²) in [5.74, 6) is 0.897. The van der Waals surface area contributed by atoms with Crippen molar-refractivity contribution in [1.29, 1.82) is 0 Å². The van der Waals surface area contributed by atoms with Crippen LogP contribution >= 0.6 is 11.8 Å². The fraction of sp³-hybridized carbons (Fsp3) is 1.00. The van der Waals surface area contributed by atoms with E-state index in [1.54, 1.807) is 11.8 Å². The second-order valence-electron chi connectivity index (χ2n) is 2.59. The summed E-state index contributed by atoms with van der Waals surface area (Å²) < 4.78 is 0. The third kappa shape index (κ3) is 1.85. The molecule has 1 saturated heterocycles. The molecule has 60 valence electrons. The molecule has 0 amide bonds. The lowest BCUT2D eigenvalue weighted by molar-refractivity contribution is 0.0572. The Morgan fingerprint density at radius 1 is 1.40 bits per heavy atom. The van der Waals surface area contributed by atoms with Gasteiger partial charge in [0.05, 0.1) is 12.2 Å². The van der Waals surface area contributed by atoms with Crippen LogP contribution < -0.4 is 0 Å². The molecule has 0 bridgehead atoms. The summed E-state index contributed by atoms with van der Waals surface area (Å²) in [6.45, 7) is 1.23. The predicted molar refractivity (Wildman–Crippen MR) is 42.0 cm³/mol. The van der Waals surface area contributed by atoms with E-state index in [0.717, 1.165) is 5.88 Å². The number of likely N-dealkylation sites (tertiary alicyclic amines) is 1. The van der Waals surface area contributed by atoms with Gasteiger partial charge in [-0.05, 0) is 6.26 Å². The van der Waals surface area contributed by atoms with E-state index in [-0.39, 0.29) is 0 Å². The molecule has 0 aliphatic carbocycles. The maximum atomic E-state index is 9.09. The van der Waals surface area contributed by atoms with Crippen LogP contribution in [0.15, 0.2) is 0 Å². The van der Waals surface area contributed by atoms with Crippen molar-refractivity contribution in [2.75, 3.05) is 25.2 Å². The average molecular weight is 163 g/mol. The number of hydrogen-bond donors (Lipinski definition) is 2. The van der Waals surface area contributed by atoms with Crippen molar-refractivity contribution in [1.82, 2.24) is 4.90 Å². The number of nitrogens with zero attached hydrogens (tertiary/aromatic N) is 1. The van der Waals surface area contributed by atoms with E-state index in [9.17, 15) is 0 Å². The van der Waals surface area contributed by atoms with Crippen molar-refractivity contribution in [3.05, 3.63) is 0 Å². The second-order valence-corrected chi connectivity index (χ2v) is 3.42. The second kappa shape index (κ2) is 3.57. The van der Waals surface area contributed by atoms with Crippen molar-refractivity contribution in [3.8, 4) is 0 Å². The predicted octanol–water partition coefficient (Wildman–Crippen LogP) is -0.656. The van der Waals surface area contributed by atoms with Gasteiger partial charge in [-0.1, -0.05) is 0 Å². The zero-order valence-electron chi connectivity index (χ0n) is 6.03. The summed E-state index contributed by atoms with van der Waals surface area (Å²) in [6.07, 6.45) is 0.941. The lowest BCUT2D eigenvalue weighted by Gasteiger charge is -2.11. The Labute approximate surface area is 65.0 Å². The average Bonchev–Trinajstić information content (AvgIpc) is 2.14. The van der Waals surface area contributed by atoms with Crippen LogP contribution in [-0.4, -0.2) is 52.5 Å². The first kappa shape index (κ1) is 8.33. The SMILES string of the molecule is CSCN1C[C@@H](O)[C@@H](O)C1. The fourth-order valence-electron chi connectivity index (χ4n) is 1.13. The Morgan fingerprint density at radius 2 is 1.90 bits per heavy atom. The highest BCUT2D eigenvalue weighted by Crippen LogP contribution is 2.11. The molecule has 3 nitrogen and oxygen atoms in total. The van der Waals surface area contributed by atoms with Gasteiger partial charge in [0, 0.05) is 19.0 Å². The fourth-order valence-corrected chi connectivity index (χ4v) is 1.71. The van der Waals surface area contributed by atoms with E-state index < -0.39 is 12.2 Å². The van der Waals surface area contributed by atoms with Crippen LogP contribution in [0.1, 0.15) is 0 Å². The summed E-state index contributed by atoms with van der Waals surface area (Å²) in [5.41, 5.74) is 0. The first-order chi connectivity index (χ1) is 4.74. The van der Waals surface area contributed by atoms with E-state index in [0.29, 0.717) is 13.1 Å². The van der Waals surface area contributed by atoms with E-state index in [4.69, 9.17) is 10.2 Å². The molecule has 1 fully saturated rings. The smallest absolute Gasteiger partial charge is 0.0938 e. The van der Waals surface area contributed by atoms with Crippen LogP contribution in [0.25, 0.3) is 0 Å². The molecular weight excluding hydrogens is 150 g/mol. The highest BCUT2D eigenvalue weighted by Gasteiger charge is 2.28. The lowest BCUT2D eigenvalue weighted by atomic mass is 10.3. The molecule has 0 unspecified atom stereocenters. The van der Waals surface area contributed by atoms with E-state index >= 15 is 0 Å². The molecule has 0 radical (unpaired) electrons. The number of aliphatic hydroxyl groups is 2. The van der Waals surface area contributed by atoms with E-state index in [1.807, 2.05) is 11.2 Å². The highest BCUT2D eigenvalue weighted by molar-refractivity contribution is 7.98. The molecule has 1 rings (SSSR count). The highest BCUT2D eigenvalue weighted by atomic mass is 32.2. The molecule has 0 aromatic heterocycles. The molecule has 1 heterocycles. The zero-order valence-corrected chi connectivity index (χ0v) is 6.84. The van der Waals surface area contributed by atoms with Crippen LogP contribution in [0.5, 0.6) is 0 Å². The Kier molecular flexibility index (Phi) is 2.97. The Balaban J connectivity index is 2.27. The molecule has 2 N–H and O–H groups in total. The van der Waals surface area contributed by atoms with Gasteiger partial charge in [0.1, 0.15) is 0 Å². The van der Waals surface area contributed by atoms with Crippen molar-refractivity contribution < 1.29 is 10.2 Å². The van der Waals surface area contributed by atoms with Crippen LogP contribution in [-0.2, 0) is 0 Å². The molecule has 1 aliphatic heterocycles. The number of aliphatic hydroxyl groups excluding tert-OH is 2. The molecule has 10 heavy (non-hydrogen) atoms. The quantitative estimate of drug-likeness (QED) is 0.567. The molecule has 0 spiro atoms. The maximum absolute atomic E-state index is 9.09.